The predicted octanol–water partition coefficient (Wildman–Crippen LogP) is 2.79. The third-order valence-electron chi connectivity index (χ3n) is 4.72. The molecule has 0 saturated carbocycles. The Morgan fingerprint density at radius 3 is 2.83 bits per heavy atom. The van der Waals surface area contributed by atoms with E-state index in [-0.39, 0.29) is 6.61 Å². The largest absolute Gasteiger partial charge is 0.388 e. The number of hydrogen-bond donors (Lipinski definition) is 1. The Morgan fingerprint density at radius 2 is 2.14 bits per heavy atom. The summed E-state index contributed by atoms with van der Waals surface area (Å²) in [4.78, 5) is 6.31. The van der Waals surface area contributed by atoms with Gasteiger partial charge in [-0.15, -0.1) is 10.2 Å². The van der Waals surface area contributed by atoms with Crippen molar-refractivity contribution in [3.05, 3.63) is 52.8 Å². The Kier molecular flexibility index (Phi) is 5.74. The number of ether oxygens (including phenoxy) is 1. The number of anilines is 1. The second-order valence-corrected chi connectivity index (χ2v) is 7.71. The summed E-state index contributed by atoms with van der Waals surface area (Å²) in [5.41, 5.74) is 0.823. The molecule has 1 atom stereocenters. The fourth-order valence-corrected chi connectivity index (χ4v) is 3.89. The van der Waals surface area contributed by atoms with Gasteiger partial charge in [0.2, 0.25) is 0 Å². The number of hydrogen-bond acceptors (Lipinski definition) is 8. The van der Waals surface area contributed by atoms with Crippen molar-refractivity contribution in [3.63, 3.8) is 0 Å². The summed E-state index contributed by atoms with van der Waals surface area (Å²) in [6.45, 7) is 1.15. The first-order valence-electron chi connectivity index (χ1n) is 8.98. The second-order valence-electron chi connectivity index (χ2n) is 6.55. The molecule has 3 heterocycles. The molecule has 1 unspecified atom stereocenters. The number of aliphatic hydroxyl groups is 1. The SMILES string of the molecule is COC1(C#Cc2ccccc2Cl)CCN(c2ccc(-c3nc(CO)ns3)nn2)C1. The maximum absolute atomic E-state index is 9.10. The van der Waals surface area contributed by atoms with E-state index < -0.39 is 5.60 Å². The summed E-state index contributed by atoms with van der Waals surface area (Å²) in [7, 11) is 1.67. The van der Waals surface area contributed by atoms with Crippen molar-refractivity contribution in [2.24, 2.45) is 0 Å². The molecular weight excluding hydrogens is 410 g/mol. The maximum Gasteiger partial charge on any atom is 0.168 e. The van der Waals surface area contributed by atoms with E-state index >= 15 is 0 Å². The highest BCUT2D eigenvalue weighted by Crippen LogP contribution is 2.29. The van der Waals surface area contributed by atoms with Gasteiger partial charge in [0.15, 0.2) is 16.6 Å². The Hall–Kier alpha value is -2.57. The van der Waals surface area contributed by atoms with E-state index in [2.05, 4.69) is 36.3 Å². The average molecular weight is 428 g/mol. The van der Waals surface area contributed by atoms with Gasteiger partial charge in [0.1, 0.15) is 17.9 Å². The minimum atomic E-state index is -0.589. The fourth-order valence-electron chi connectivity index (χ4n) is 3.07. The standard InChI is InChI=1S/C20H18ClN5O2S/c1-28-20(9-8-14-4-2-3-5-15(14)21)10-11-26(13-20)18-7-6-16(23-24-18)19-22-17(12-27)25-29-19/h2-7,27H,10-13H2,1H3. The Balaban J connectivity index is 1.50. The molecule has 9 heteroatoms. The van der Waals surface area contributed by atoms with E-state index in [4.69, 9.17) is 21.4 Å². The Labute approximate surface area is 177 Å². The number of methoxy groups -OCH3 is 1. The lowest BCUT2D eigenvalue weighted by Crippen LogP contribution is -2.34. The lowest BCUT2D eigenvalue weighted by atomic mass is 10.0. The molecule has 0 radical (unpaired) electrons. The van der Waals surface area contributed by atoms with Crippen molar-refractivity contribution in [1.82, 2.24) is 19.6 Å². The molecule has 2 aromatic heterocycles. The Bertz CT molecular complexity index is 1060. The molecule has 1 saturated heterocycles. The van der Waals surface area contributed by atoms with E-state index in [1.54, 1.807) is 7.11 Å². The summed E-state index contributed by atoms with van der Waals surface area (Å²) >= 11 is 7.39. The topological polar surface area (TPSA) is 84.3 Å². The molecule has 4 rings (SSSR count). The predicted molar refractivity (Wildman–Crippen MR) is 112 cm³/mol. The first-order valence-corrected chi connectivity index (χ1v) is 10.1. The summed E-state index contributed by atoms with van der Waals surface area (Å²) in [5.74, 6) is 7.55. The molecule has 0 aliphatic carbocycles. The number of nitrogens with zero attached hydrogens (tertiary/aromatic N) is 5. The molecule has 0 amide bonds. The number of aromatic nitrogens is 4. The third-order valence-corrected chi connectivity index (χ3v) is 5.83. The van der Waals surface area contributed by atoms with Gasteiger partial charge in [0.25, 0.3) is 0 Å². The molecule has 148 valence electrons. The highest BCUT2D eigenvalue weighted by molar-refractivity contribution is 7.09. The molecule has 0 bridgehead atoms. The minimum Gasteiger partial charge on any atom is -0.388 e. The van der Waals surface area contributed by atoms with Gasteiger partial charge >= 0.3 is 0 Å². The zero-order valence-corrected chi connectivity index (χ0v) is 17.2. The van der Waals surface area contributed by atoms with Crippen LogP contribution in [0, 0.1) is 11.8 Å². The zero-order chi connectivity index (χ0) is 20.3. The van der Waals surface area contributed by atoms with Gasteiger partial charge in [-0.25, -0.2) is 4.98 Å². The van der Waals surface area contributed by atoms with Crippen LogP contribution in [0.2, 0.25) is 5.02 Å². The van der Waals surface area contributed by atoms with E-state index in [0.29, 0.717) is 28.1 Å². The van der Waals surface area contributed by atoms with Crippen LogP contribution in [-0.2, 0) is 11.3 Å². The van der Waals surface area contributed by atoms with Crippen molar-refractivity contribution in [2.75, 3.05) is 25.1 Å². The lowest BCUT2D eigenvalue weighted by molar-refractivity contribution is 0.0602. The first-order chi connectivity index (χ1) is 14.1. The zero-order valence-electron chi connectivity index (χ0n) is 15.7. The minimum absolute atomic E-state index is 0.190. The Morgan fingerprint density at radius 1 is 1.28 bits per heavy atom. The van der Waals surface area contributed by atoms with Crippen LogP contribution in [0.5, 0.6) is 0 Å². The molecule has 1 N–H and O–H groups in total. The molecule has 1 aliphatic heterocycles. The van der Waals surface area contributed by atoms with Gasteiger partial charge in [-0.2, -0.15) is 4.37 Å². The average Bonchev–Trinajstić information content (AvgIpc) is 3.41. The van der Waals surface area contributed by atoms with Gasteiger partial charge in [-0.1, -0.05) is 35.6 Å². The van der Waals surface area contributed by atoms with Crippen molar-refractivity contribution in [1.29, 1.82) is 0 Å². The fraction of sp³-hybridized carbons (Fsp3) is 0.300. The summed E-state index contributed by atoms with van der Waals surface area (Å²) in [6, 6.07) is 11.3. The highest BCUT2D eigenvalue weighted by Gasteiger charge is 2.37. The quantitative estimate of drug-likeness (QED) is 0.641. The smallest absolute Gasteiger partial charge is 0.168 e. The second kappa shape index (κ2) is 8.43. The van der Waals surface area contributed by atoms with E-state index in [1.807, 2.05) is 36.4 Å². The number of aliphatic hydroxyl groups excluding tert-OH is 1. The molecule has 0 spiro atoms. The van der Waals surface area contributed by atoms with Crippen LogP contribution in [-0.4, -0.2) is 50.5 Å². The molecule has 29 heavy (non-hydrogen) atoms. The van der Waals surface area contributed by atoms with Crippen molar-refractivity contribution in [3.8, 4) is 22.5 Å². The summed E-state index contributed by atoms with van der Waals surface area (Å²) in [6.07, 6.45) is 0.751. The molecule has 1 fully saturated rings. The maximum atomic E-state index is 9.10. The van der Waals surface area contributed by atoms with Crippen LogP contribution in [0.3, 0.4) is 0 Å². The molecule has 3 aromatic rings. The van der Waals surface area contributed by atoms with Gasteiger partial charge < -0.3 is 14.7 Å². The summed E-state index contributed by atoms with van der Waals surface area (Å²) in [5, 5.41) is 18.9. The van der Waals surface area contributed by atoms with Crippen LogP contribution in [0.25, 0.3) is 10.7 Å². The van der Waals surface area contributed by atoms with Crippen molar-refractivity contribution in [2.45, 2.75) is 18.6 Å². The first kappa shape index (κ1) is 19.7. The van der Waals surface area contributed by atoms with Crippen LogP contribution in [0.1, 0.15) is 17.8 Å². The van der Waals surface area contributed by atoms with Crippen molar-refractivity contribution >= 4 is 29.0 Å². The van der Waals surface area contributed by atoms with Crippen molar-refractivity contribution < 1.29 is 9.84 Å². The van der Waals surface area contributed by atoms with Crippen LogP contribution in [0.4, 0.5) is 5.82 Å². The van der Waals surface area contributed by atoms with E-state index in [0.717, 1.165) is 24.3 Å². The van der Waals surface area contributed by atoms with E-state index in [1.165, 1.54) is 11.5 Å². The highest BCUT2D eigenvalue weighted by atomic mass is 35.5. The molecule has 1 aliphatic rings. The van der Waals surface area contributed by atoms with Gasteiger partial charge in [0, 0.05) is 25.6 Å². The number of halogens is 1. The van der Waals surface area contributed by atoms with Crippen LogP contribution < -0.4 is 4.90 Å². The van der Waals surface area contributed by atoms with Crippen LogP contribution >= 0.6 is 23.1 Å². The van der Waals surface area contributed by atoms with Gasteiger partial charge in [0.05, 0.1) is 11.6 Å². The molecule has 1 aromatic carbocycles. The molecule has 7 nitrogen and oxygen atoms in total. The third kappa shape index (κ3) is 4.23. The normalized spacial score (nSPS) is 18.5. The summed E-state index contributed by atoms with van der Waals surface area (Å²) < 4.78 is 9.83. The van der Waals surface area contributed by atoms with Gasteiger partial charge in [-0.05, 0) is 35.8 Å². The van der Waals surface area contributed by atoms with Crippen LogP contribution in [0.15, 0.2) is 36.4 Å². The van der Waals surface area contributed by atoms with E-state index in [9.17, 15) is 0 Å². The lowest BCUT2D eigenvalue weighted by Gasteiger charge is -2.22. The monoisotopic (exact) mass is 427 g/mol. The molecular formula is C20H18ClN5O2S. The number of benzene rings is 1. The number of rotatable bonds is 4. The van der Waals surface area contributed by atoms with Gasteiger partial charge in [-0.3, -0.25) is 0 Å².